The molecule has 0 radical (unpaired) electrons. The second-order valence-corrected chi connectivity index (χ2v) is 7.00. The van der Waals surface area contributed by atoms with Crippen molar-refractivity contribution < 1.29 is 9.21 Å². The van der Waals surface area contributed by atoms with E-state index in [9.17, 15) is 4.79 Å². The summed E-state index contributed by atoms with van der Waals surface area (Å²) in [5, 5.41) is 9.01. The molecule has 2 aromatic heterocycles. The number of hydrogen-bond acceptors (Lipinski definition) is 4. The van der Waals surface area contributed by atoms with E-state index in [1.54, 1.807) is 0 Å². The number of benzene rings is 2. The van der Waals surface area contributed by atoms with Gasteiger partial charge in [0.15, 0.2) is 10.9 Å². The number of aryl methyl sites for hydroxylation is 2. The lowest BCUT2D eigenvalue weighted by atomic mass is 10.1. The summed E-state index contributed by atoms with van der Waals surface area (Å²) in [6.07, 6.45) is 0. The Balaban J connectivity index is 1.48. The number of nitrogens with zero attached hydrogens (tertiary/aromatic N) is 1. The molecule has 0 saturated heterocycles. The van der Waals surface area contributed by atoms with Gasteiger partial charge in [-0.1, -0.05) is 24.3 Å². The van der Waals surface area contributed by atoms with Crippen LogP contribution in [0.5, 0.6) is 0 Å². The first-order valence-electron chi connectivity index (χ1n) is 8.17. The number of para-hydroxylation sites is 1. The van der Waals surface area contributed by atoms with Crippen LogP contribution in [0.2, 0.25) is 0 Å². The number of amides is 2. The second-order valence-electron chi connectivity index (χ2n) is 6.14. The number of anilines is 2. The van der Waals surface area contributed by atoms with Crippen molar-refractivity contribution in [1.82, 2.24) is 4.98 Å². The van der Waals surface area contributed by atoms with Crippen molar-refractivity contribution in [3.05, 3.63) is 65.0 Å². The quantitative estimate of drug-likeness (QED) is 0.482. The first-order valence-corrected chi connectivity index (χ1v) is 9.05. The van der Waals surface area contributed by atoms with Gasteiger partial charge < -0.3 is 9.73 Å². The van der Waals surface area contributed by atoms with Crippen molar-refractivity contribution in [1.29, 1.82) is 0 Å². The van der Waals surface area contributed by atoms with Gasteiger partial charge in [0.25, 0.3) is 0 Å². The molecule has 4 aromatic rings. The van der Waals surface area contributed by atoms with Crippen LogP contribution in [0.1, 0.15) is 11.1 Å². The zero-order chi connectivity index (χ0) is 18.1. The lowest BCUT2D eigenvalue weighted by Gasteiger charge is -2.07. The number of carbonyl (C=O) groups is 1. The van der Waals surface area contributed by atoms with Gasteiger partial charge in [0.2, 0.25) is 0 Å². The molecule has 2 heterocycles. The van der Waals surface area contributed by atoms with E-state index in [2.05, 4.69) is 21.7 Å². The Morgan fingerprint density at radius 3 is 2.58 bits per heavy atom. The fourth-order valence-corrected chi connectivity index (χ4v) is 3.55. The standard InChI is InChI=1S/C20H17N3O2S/c1-12-7-13(2)9-15(8-12)21-19(24)23-20-22-16(11-26-20)18-10-14-5-3-4-6-17(14)25-18/h3-11H,1-2H3,(H2,21,22,23,24). The second kappa shape index (κ2) is 6.65. The highest BCUT2D eigenvalue weighted by Crippen LogP contribution is 2.30. The molecule has 2 N–H and O–H groups in total. The normalized spacial score (nSPS) is 10.8. The highest BCUT2D eigenvalue weighted by atomic mass is 32.1. The Morgan fingerprint density at radius 1 is 1.04 bits per heavy atom. The largest absolute Gasteiger partial charge is 0.454 e. The van der Waals surface area contributed by atoms with Gasteiger partial charge >= 0.3 is 6.03 Å². The van der Waals surface area contributed by atoms with Crippen LogP contribution in [0.3, 0.4) is 0 Å². The highest BCUT2D eigenvalue weighted by Gasteiger charge is 2.12. The molecular formula is C20H17N3O2S. The maximum atomic E-state index is 12.2. The summed E-state index contributed by atoms with van der Waals surface area (Å²) < 4.78 is 5.81. The van der Waals surface area contributed by atoms with E-state index in [1.807, 2.05) is 61.7 Å². The fourth-order valence-electron chi connectivity index (χ4n) is 2.86. The van der Waals surface area contributed by atoms with Crippen molar-refractivity contribution >= 4 is 39.2 Å². The number of rotatable bonds is 3. The first kappa shape index (κ1) is 16.4. The van der Waals surface area contributed by atoms with Crippen LogP contribution in [-0.4, -0.2) is 11.0 Å². The van der Waals surface area contributed by atoms with Crippen LogP contribution in [0.4, 0.5) is 15.6 Å². The van der Waals surface area contributed by atoms with E-state index >= 15 is 0 Å². The van der Waals surface area contributed by atoms with Crippen LogP contribution in [0.25, 0.3) is 22.4 Å². The molecule has 130 valence electrons. The number of furan rings is 1. The van der Waals surface area contributed by atoms with Gasteiger partial charge in [-0.05, 0) is 49.2 Å². The molecule has 2 aromatic carbocycles. The van der Waals surface area contributed by atoms with Crippen molar-refractivity contribution in [3.8, 4) is 11.5 Å². The van der Waals surface area contributed by atoms with Gasteiger partial charge in [-0.2, -0.15) is 0 Å². The predicted molar refractivity (Wildman–Crippen MR) is 106 cm³/mol. The molecule has 2 amide bonds. The Hall–Kier alpha value is -3.12. The number of thiazole rings is 1. The third kappa shape index (κ3) is 3.45. The first-order chi connectivity index (χ1) is 12.6. The molecule has 6 heteroatoms. The van der Waals surface area contributed by atoms with Crippen molar-refractivity contribution in [3.63, 3.8) is 0 Å². The zero-order valence-electron chi connectivity index (χ0n) is 14.4. The van der Waals surface area contributed by atoms with Crippen molar-refractivity contribution in [2.24, 2.45) is 0 Å². The van der Waals surface area contributed by atoms with Gasteiger partial charge in [-0.25, -0.2) is 9.78 Å². The number of carbonyl (C=O) groups excluding carboxylic acids is 1. The summed E-state index contributed by atoms with van der Waals surface area (Å²) in [5.74, 6) is 0.685. The van der Waals surface area contributed by atoms with Crippen LogP contribution in [0.15, 0.2) is 58.3 Å². The molecule has 0 unspecified atom stereocenters. The molecule has 0 saturated carbocycles. The molecule has 0 aliphatic heterocycles. The number of aromatic nitrogens is 1. The lowest BCUT2D eigenvalue weighted by Crippen LogP contribution is -2.19. The van der Waals surface area contributed by atoms with Crippen LogP contribution in [0, 0.1) is 13.8 Å². The maximum Gasteiger partial charge on any atom is 0.325 e. The topological polar surface area (TPSA) is 67.2 Å². The molecule has 0 aliphatic rings. The monoisotopic (exact) mass is 363 g/mol. The molecule has 0 aliphatic carbocycles. The number of fused-ring (bicyclic) bond motifs is 1. The number of hydrogen-bond donors (Lipinski definition) is 2. The van der Waals surface area contributed by atoms with Gasteiger partial charge in [0, 0.05) is 16.5 Å². The smallest absolute Gasteiger partial charge is 0.325 e. The minimum absolute atomic E-state index is 0.319. The minimum Gasteiger partial charge on any atom is -0.454 e. The average molecular weight is 363 g/mol. The lowest BCUT2D eigenvalue weighted by molar-refractivity contribution is 0.262. The summed E-state index contributed by atoms with van der Waals surface area (Å²) in [4.78, 5) is 16.7. The van der Waals surface area contributed by atoms with Crippen LogP contribution < -0.4 is 10.6 Å². The molecule has 0 bridgehead atoms. The van der Waals surface area contributed by atoms with Crippen LogP contribution >= 0.6 is 11.3 Å². The van der Waals surface area contributed by atoms with Crippen LogP contribution in [-0.2, 0) is 0 Å². The molecule has 0 fully saturated rings. The van der Waals surface area contributed by atoms with Gasteiger partial charge in [-0.15, -0.1) is 11.3 Å². The third-order valence-corrected chi connectivity index (χ3v) is 4.64. The molecule has 26 heavy (non-hydrogen) atoms. The van der Waals surface area contributed by atoms with E-state index in [-0.39, 0.29) is 6.03 Å². The summed E-state index contributed by atoms with van der Waals surface area (Å²) >= 11 is 1.36. The van der Waals surface area contributed by atoms with Crippen molar-refractivity contribution in [2.75, 3.05) is 10.6 Å². The SMILES string of the molecule is Cc1cc(C)cc(NC(=O)Nc2nc(-c3cc4ccccc4o3)cs2)c1. The number of nitrogens with one attached hydrogen (secondary N) is 2. The molecule has 0 spiro atoms. The molecule has 4 rings (SSSR count). The van der Waals surface area contributed by atoms with Gasteiger partial charge in [0.1, 0.15) is 11.3 Å². The van der Waals surface area contributed by atoms with E-state index in [0.29, 0.717) is 16.6 Å². The molecule has 5 nitrogen and oxygen atoms in total. The number of urea groups is 1. The zero-order valence-corrected chi connectivity index (χ0v) is 15.2. The highest BCUT2D eigenvalue weighted by molar-refractivity contribution is 7.14. The maximum absolute atomic E-state index is 12.2. The average Bonchev–Trinajstić information content (AvgIpc) is 3.19. The Bertz CT molecular complexity index is 1040. The summed E-state index contributed by atoms with van der Waals surface area (Å²) in [7, 11) is 0. The molecule has 0 atom stereocenters. The van der Waals surface area contributed by atoms with Gasteiger partial charge in [0.05, 0.1) is 0 Å². The molecular weight excluding hydrogens is 346 g/mol. The Labute approximate surface area is 154 Å². The summed E-state index contributed by atoms with van der Waals surface area (Å²) in [5.41, 5.74) is 4.47. The predicted octanol–water partition coefficient (Wildman–Crippen LogP) is 5.82. The van der Waals surface area contributed by atoms with E-state index in [0.717, 1.165) is 27.8 Å². The Kier molecular flexibility index (Phi) is 4.18. The van der Waals surface area contributed by atoms with E-state index < -0.39 is 0 Å². The van der Waals surface area contributed by atoms with Gasteiger partial charge in [-0.3, -0.25) is 5.32 Å². The van der Waals surface area contributed by atoms with E-state index in [1.165, 1.54) is 11.3 Å². The summed E-state index contributed by atoms with van der Waals surface area (Å²) in [6.45, 7) is 3.99. The third-order valence-electron chi connectivity index (χ3n) is 3.88. The minimum atomic E-state index is -0.319. The Morgan fingerprint density at radius 2 is 1.81 bits per heavy atom. The fraction of sp³-hybridized carbons (Fsp3) is 0.100. The van der Waals surface area contributed by atoms with E-state index in [4.69, 9.17) is 4.42 Å². The van der Waals surface area contributed by atoms with Crippen molar-refractivity contribution in [2.45, 2.75) is 13.8 Å². The summed E-state index contributed by atoms with van der Waals surface area (Å²) in [6, 6.07) is 15.3.